The summed E-state index contributed by atoms with van der Waals surface area (Å²) in [7, 11) is 0. The Morgan fingerprint density at radius 3 is 2.61 bits per heavy atom. The first-order valence-electron chi connectivity index (χ1n) is 13.5. The van der Waals surface area contributed by atoms with Crippen molar-refractivity contribution in [3.63, 3.8) is 0 Å². The summed E-state index contributed by atoms with van der Waals surface area (Å²) in [6.45, 7) is 5.33. The first-order valence-corrected chi connectivity index (χ1v) is 13.5. The lowest BCUT2D eigenvalue weighted by molar-refractivity contribution is -0.121. The number of hydrogen-bond acceptors (Lipinski definition) is 5. The molecule has 2 aromatic carbocycles. The number of nitrogens with one attached hydrogen (secondary N) is 2. The molecule has 2 amide bonds. The largest absolute Gasteiger partial charge is 0.494 e. The predicted molar refractivity (Wildman–Crippen MR) is 148 cm³/mol. The molecule has 0 radical (unpaired) electrons. The van der Waals surface area contributed by atoms with Crippen LogP contribution in [0.4, 0.5) is 0 Å². The van der Waals surface area contributed by atoms with E-state index in [9.17, 15) is 14.4 Å². The molecule has 0 spiro atoms. The van der Waals surface area contributed by atoms with Crippen molar-refractivity contribution < 1.29 is 18.7 Å². The van der Waals surface area contributed by atoms with E-state index in [-0.39, 0.29) is 17.1 Å². The summed E-state index contributed by atoms with van der Waals surface area (Å²) in [5.41, 5.74) is 3.90. The van der Waals surface area contributed by atoms with E-state index in [0.717, 1.165) is 32.1 Å². The Hall–Kier alpha value is -3.87. The van der Waals surface area contributed by atoms with E-state index >= 15 is 0 Å². The molecule has 1 aliphatic rings. The number of amides is 2. The van der Waals surface area contributed by atoms with Crippen LogP contribution >= 0.6 is 0 Å². The number of benzene rings is 2. The lowest BCUT2D eigenvalue weighted by Gasteiger charge is -2.26. The van der Waals surface area contributed by atoms with Gasteiger partial charge in [0, 0.05) is 25.6 Å². The fourth-order valence-electron chi connectivity index (χ4n) is 4.99. The Bertz CT molecular complexity index is 1360. The third kappa shape index (κ3) is 6.91. The van der Waals surface area contributed by atoms with E-state index in [0.29, 0.717) is 48.8 Å². The maximum absolute atomic E-state index is 12.6. The summed E-state index contributed by atoms with van der Waals surface area (Å²) in [4.78, 5) is 37.1. The summed E-state index contributed by atoms with van der Waals surface area (Å²) >= 11 is 0. The molecule has 1 aromatic heterocycles. The smallest absolute Gasteiger partial charge is 0.287 e. The van der Waals surface area contributed by atoms with E-state index in [1.54, 1.807) is 18.2 Å². The second kappa shape index (κ2) is 13.1. The van der Waals surface area contributed by atoms with Crippen molar-refractivity contribution in [2.45, 2.75) is 64.8 Å². The maximum Gasteiger partial charge on any atom is 0.287 e. The van der Waals surface area contributed by atoms with Gasteiger partial charge in [0.15, 0.2) is 11.2 Å². The Morgan fingerprint density at radius 2 is 1.84 bits per heavy atom. The second-order valence-electron chi connectivity index (χ2n) is 9.64. The summed E-state index contributed by atoms with van der Waals surface area (Å²) in [6.07, 6.45) is 7.45. The normalized spacial score (nSPS) is 15.2. The van der Waals surface area contributed by atoms with Gasteiger partial charge in [-0.2, -0.15) is 0 Å². The number of carbonyl (C=O) groups excluding carboxylic acids is 2. The molecule has 0 unspecified atom stereocenters. The number of hydrogen-bond donors (Lipinski definition) is 2. The molecule has 1 fully saturated rings. The third-order valence-corrected chi connectivity index (χ3v) is 6.96. The van der Waals surface area contributed by atoms with Crippen LogP contribution in [0.5, 0.6) is 5.75 Å². The number of fused-ring (bicyclic) bond motifs is 1. The van der Waals surface area contributed by atoms with Crippen LogP contribution in [0.1, 0.15) is 80.0 Å². The molecule has 2 N–H and O–H groups in total. The van der Waals surface area contributed by atoms with Crippen LogP contribution in [-0.4, -0.2) is 25.0 Å². The van der Waals surface area contributed by atoms with Gasteiger partial charge in [-0.25, -0.2) is 0 Å². The van der Waals surface area contributed by atoms with Crippen molar-refractivity contribution in [2.24, 2.45) is 0 Å². The summed E-state index contributed by atoms with van der Waals surface area (Å²) < 4.78 is 11.1. The molecule has 200 valence electrons. The Labute approximate surface area is 223 Å². The molecule has 0 aliphatic heterocycles. The van der Waals surface area contributed by atoms with Gasteiger partial charge >= 0.3 is 0 Å². The van der Waals surface area contributed by atoms with Crippen molar-refractivity contribution >= 4 is 22.8 Å². The fraction of sp³-hybridized carbons (Fsp3) is 0.387. The summed E-state index contributed by atoms with van der Waals surface area (Å²) in [6, 6.07) is 14.6. The highest BCUT2D eigenvalue weighted by Gasteiger charge is 2.21. The van der Waals surface area contributed by atoms with Gasteiger partial charge in [-0.15, -0.1) is 0 Å². The summed E-state index contributed by atoms with van der Waals surface area (Å²) in [5.74, 6) is 0.722. The van der Waals surface area contributed by atoms with Crippen molar-refractivity contribution in [1.29, 1.82) is 0 Å². The zero-order valence-corrected chi connectivity index (χ0v) is 22.2. The monoisotopic (exact) mass is 516 g/mol. The van der Waals surface area contributed by atoms with Gasteiger partial charge in [0.25, 0.3) is 5.91 Å². The van der Waals surface area contributed by atoms with Gasteiger partial charge in [-0.3, -0.25) is 14.4 Å². The van der Waals surface area contributed by atoms with Crippen LogP contribution in [0.25, 0.3) is 11.0 Å². The van der Waals surface area contributed by atoms with E-state index in [1.165, 1.54) is 22.8 Å². The van der Waals surface area contributed by atoms with Crippen LogP contribution in [0.15, 0.2) is 69.4 Å². The molecular formula is C31H36N2O5. The predicted octanol–water partition coefficient (Wildman–Crippen LogP) is 5.62. The minimum Gasteiger partial charge on any atom is -0.494 e. The second-order valence-corrected chi connectivity index (χ2v) is 9.64. The third-order valence-electron chi connectivity index (χ3n) is 6.96. The zero-order chi connectivity index (χ0) is 26.9. The van der Waals surface area contributed by atoms with Crippen molar-refractivity contribution in [3.8, 4) is 5.75 Å². The number of rotatable bonds is 10. The lowest BCUT2D eigenvalue weighted by atomic mass is 9.80. The number of allylic oxidation sites excluding steroid dienone is 1. The van der Waals surface area contributed by atoms with Crippen LogP contribution < -0.4 is 20.8 Å². The summed E-state index contributed by atoms with van der Waals surface area (Å²) in [5, 5.41) is 6.27. The van der Waals surface area contributed by atoms with Gasteiger partial charge in [0.2, 0.25) is 5.91 Å². The fourth-order valence-corrected chi connectivity index (χ4v) is 4.99. The molecule has 1 aliphatic carbocycles. The zero-order valence-electron chi connectivity index (χ0n) is 22.2. The highest BCUT2D eigenvalue weighted by molar-refractivity contribution is 5.93. The Morgan fingerprint density at radius 1 is 1.05 bits per heavy atom. The van der Waals surface area contributed by atoms with Crippen molar-refractivity contribution in [1.82, 2.24) is 10.6 Å². The van der Waals surface area contributed by atoms with Crippen LogP contribution in [0.3, 0.4) is 0 Å². The number of carbonyl (C=O) groups is 2. The van der Waals surface area contributed by atoms with E-state index in [1.807, 2.05) is 19.9 Å². The van der Waals surface area contributed by atoms with Gasteiger partial charge in [0.1, 0.15) is 11.3 Å². The molecule has 38 heavy (non-hydrogen) atoms. The Balaban J connectivity index is 1.31. The van der Waals surface area contributed by atoms with E-state index in [4.69, 9.17) is 9.15 Å². The molecule has 0 saturated heterocycles. The minimum atomic E-state index is -0.414. The van der Waals surface area contributed by atoms with Gasteiger partial charge in [-0.05, 0) is 74.3 Å². The molecule has 1 heterocycles. The van der Waals surface area contributed by atoms with Crippen LogP contribution in [-0.2, 0) is 11.3 Å². The standard InChI is InChI=1S/C31H36N2O5/c1-3-7-30(35)33-20-23-8-5-6-9-25(23)22-12-10-21(11-13-22)16-17-32-31(36)29-19-27(34)26-18-24(37-4-2)14-15-28(26)38-29/h5-6,8-9,14-16,18-19,22H,3-4,7,10-13,17,20H2,1-2H3,(H,32,36)(H,33,35). The average molecular weight is 517 g/mol. The quantitative estimate of drug-likeness (QED) is 0.341. The Kier molecular flexibility index (Phi) is 9.35. The average Bonchev–Trinajstić information content (AvgIpc) is 2.93. The highest BCUT2D eigenvalue weighted by Crippen LogP contribution is 2.36. The van der Waals surface area contributed by atoms with Crippen LogP contribution in [0.2, 0.25) is 0 Å². The van der Waals surface area contributed by atoms with E-state index in [2.05, 4.69) is 34.9 Å². The molecule has 3 aromatic rings. The molecule has 1 saturated carbocycles. The lowest BCUT2D eigenvalue weighted by Crippen LogP contribution is -2.25. The molecule has 0 atom stereocenters. The highest BCUT2D eigenvalue weighted by atomic mass is 16.5. The molecular weight excluding hydrogens is 480 g/mol. The molecule has 4 rings (SSSR count). The first kappa shape index (κ1) is 27.2. The van der Waals surface area contributed by atoms with Crippen LogP contribution in [0, 0.1) is 0 Å². The molecule has 7 heteroatoms. The van der Waals surface area contributed by atoms with Gasteiger partial charge in [0.05, 0.1) is 12.0 Å². The minimum absolute atomic E-state index is 0.00333. The van der Waals surface area contributed by atoms with Crippen molar-refractivity contribution in [3.05, 3.63) is 87.3 Å². The van der Waals surface area contributed by atoms with Crippen molar-refractivity contribution in [2.75, 3.05) is 13.2 Å². The van der Waals surface area contributed by atoms with Gasteiger partial charge < -0.3 is 19.8 Å². The maximum atomic E-state index is 12.6. The molecule has 7 nitrogen and oxygen atoms in total. The van der Waals surface area contributed by atoms with Gasteiger partial charge in [-0.1, -0.05) is 42.8 Å². The van der Waals surface area contributed by atoms with E-state index < -0.39 is 5.91 Å². The number of ether oxygens (including phenoxy) is 1. The molecule has 0 bridgehead atoms. The SMILES string of the molecule is CCCC(=O)NCc1ccccc1C1CCC(=CCNC(=O)c2cc(=O)c3cc(OCC)ccc3o2)CC1. The first-order chi connectivity index (χ1) is 18.5. The topological polar surface area (TPSA) is 97.6 Å².